The molecule has 0 aliphatic heterocycles. The van der Waals surface area contributed by atoms with Crippen molar-refractivity contribution in [3.8, 4) is 5.75 Å². The quantitative estimate of drug-likeness (QED) is 0.834. The minimum atomic E-state index is -1.39. The summed E-state index contributed by atoms with van der Waals surface area (Å²) in [6, 6.07) is 5.72. The molecular formula is C17H23BO3. The monoisotopic (exact) mass is 286 g/mol. The topological polar surface area (TPSA) is 49.7 Å². The molecule has 0 unspecified atom stereocenters. The van der Waals surface area contributed by atoms with Gasteiger partial charge in [0.05, 0.1) is 7.11 Å². The van der Waals surface area contributed by atoms with Crippen molar-refractivity contribution in [3.05, 3.63) is 23.8 Å². The zero-order valence-electron chi connectivity index (χ0n) is 12.6. The van der Waals surface area contributed by atoms with Gasteiger partial charge in [0, 0.05) is 0 Å². The predicted octanol–water partition coefficient (Wildman–Crippen LogP) is 1.84. The fraction of sp³-hybridized carbons (Fsp3) is 0.647. The maximum absolute atomic E-state index is 9.78. The first-order chi connectivity index (χ1) is 10.1. The Morgan fingerprint density at radius 3 is 2.10 bits per heavy atom. The Labute approximate surface area is 126 Å². The van der Waals surface area contributed by atoms with E-state index in [1.165, 1.54) is 38.5 Å². The van der Waals surface area contributed by atoms with E-state index in [0.717, 1.165) is 29.1 Å². The zero-order valence-corrected chi connectivity index (χ0v) is 12.6. The maximum atomic E-state index is 9.78. The van der Waals surface area contributed by atoms with Crippen LogP contribution in [-0.4, -0.2) is 24.3 Å². The van der Waals surface area contributed by atoms with Gasteiger partial charge in [-0.25, -0.2) is 0 Å². The smallest absolute Gasteiger partial charge is 0.488 e. The number of benzene rings is 1. The Morgan fingerprint density at radius 1 is 1.05 bits per heavy atom. The average Bonchev–Trinajstić information content (AvgIpc) is 2.45. The van der Waals surface area contributed by atoms with Gasteiger partial charge >= 0.3 is 7.12 Å². The van der Waals surface area contributed by atoms with E-state index in [0.29, 0.717) is 5.46 Å². The highest BCUT2D eigenvalue weighted by molar-refractivity contribution is 6.59. The van der Waals surface area contributed by atoms with Crippen LogP contribution in [0.5, 0.6) is 5.75 Å². The Bertz CT molecular complexity index is 520. The molecule has 0 spiro atoms. The zero-order chi connectivity index (χ0) is 14.6. The molecule has 0 atom stereocenters. The molecule has 112 valence electrons. The van der Waals surface area contributed by atoms with Gasteiger partial charge in [0.25, 0.3) is 0 Å². The molecule has 1 aromatic carbocycles. The lowest BCUT2D eigenvalue weighted by Gasteiger charge is -2.57. The largest absolute Gasteiger partial charge is 0.497 e. The van der Waals surface area contributed by atoms with Crippen LogP contribution in [0.15, 0.2) is 18.2 Å². The van der Waals surface area contributed by atoms with Gasteiger partial charge in [-0.1, -0.05) is 6.07 Å². The van der Waals surface area contributed by atoms with E-state index >= 15 is 0 Å². The van der Waals surface area contributed by atoms with E-state index in [-0.39, 0.29) is 5.41 Å². The fourth-order valence-corrected chi connectivity index (χ4v) is 5.79. The van der Waals surface area contributed by atoms with Gasteiger partial charge in [0.15, 0.2) is 0 Å². The lowest BCUT2D eigenvalue weighted by Crippen LogP contribution is -2.51. The highest BCUT2D eigenvalue weighted by atomic mass is 16.5. The Hall–Kier alpha value is -0.995. The summed E-state index contributed by atoms with van der Waals surface area (Å²) in [6.45, 7) is 0. The maximum Gasteiger partial charge on any atom is 0.488 e. The summed E-state index contributed by atoms with van der Waals surface area (Å²) < 4.78 is 5.39. The predicted molar refractivity (Wildman–Crippen MR) is 82.7 cm³/mol. The minimum Gasteiger partial charge on any atom is -0.497 e. The number of methoxy groups -OCH3 is 1. The van der Waals surface area contributed by atoms with Crippen molar-refractivity contribution in [2.45, 2.75) is 43.9 Å². The van der Waals surface area contributed by atoms with Gasteiger partial charge in [-0.05, 0) is 84.9 Å². The Balaban J connectivity index is 1.81. The molecule has 2 N–H and O–H groups in total. The molecule has 21 heavy (non-hydrogen) atoms. The number of rotatable bonds is 3. The second-order valence-corrected chi connectivity index (χ2v) is 7.52. The first-order valence-corrected chi connectivity index (χ1v) is 8.14. The van der Waals surface area contributed by atoms with Crippen molar-refractivity contribution in [3.63, 3.8) is 0 Å². The third-order valence-corrected chi connectivity index (χ3v) is 6.15. The molecule has 1 aromatic rings. The second kappa shape index (κ2) is 4.75. The van der Waals surface area contributed by atoms with Crippen LogP contribution in [0, 0.1) is 17.8 Å². The van der Waals surface area contributed by atoms with E-state index in [4.69, 9.17) is 4.74 Å². The molecule has 0 aromatic heterocycles. The minimum absolute atomic E-state index is 0.155. The van der Waals surface area contributed by atoms with Gasteiger partial charge < -0.3 is 14.8 Å². The summed E-state index contributed by atoms with van der Waals surface area (Å²) in [6.07, 6.45) is 7.81. The SMILES string of the molecule is COc1ccc(B(O)O)c(C23CC4CC(CC(C4)C2)C3)c1. The van der Waals surface area contributed by atoms with Gasteiger partial charge in [-0.2, -0.15) is 0 Å². The van der Waals surface area contributed by atoms with Crippen LogP contribution in [0.2, 0.25) is 0 Å². The molecule has 4 saturated carbocycles. The van der Waals surface area contributed by atoms with E-state index in [9.17, 15) is 10.0 Å². The molecular weight excluding hydrogens is 263 g/mol. The summed E-state index contributed by atoms with van der Waals surface area (Å²) >= 11 is 0. The van der Waals surface area contributed by atoms with Gasteiger partial charge in [0.2, 0.25) is 0 Å². The number of ether oxygens (including phenoxy) is 1. The molecule has 5 rings (SSSR count). The van der Waals surface area contributed by atoms with Crippen LogP contribution >= 0.6 is 0 Å². The third kappa shape index (κ3) is 2.11. The lowest BCUT2D eigenvalue weighted by molar-refractivity contribution is -0.00490. The number of hydrogen-bond donors (Lipinski definition) is 2. The van der Waals surface area contributed by atoms with Crippen LogP contribution in [0.1, 0.15) is 44.1 Å². The van der Waals surface area contributed by atoms with E-state index in [2.05, 4.69) is 6.07 Å². The number of hydrogen-bond acceptors (Lipinski definition) is 3. The summed E-state index contributed by atoms with van der Waals surface area (Å²) in [4.78, 5) is 0. The average molecular weight is 286 g/mol. The van der Waals surface area contributed by atoms with Crippen molar-refractivity contribution >= 4 is 12.6 Å². The summed E-state index contributed by atoms with van der Waals surface area (Å²) in [5, 5.41) is 19.6. The molecule has 4 fully saturated rings. The fourth-order valence-electron chi connectivity index (χ4n) is 5.79. The molecule has 4 bridgehead atoms. The lowest BCUT2D eigenvalue weighted by atomic mass is 9.46. The molecule has 0 radical (unpaired) electrons. The molecule has 4 heteroatoms. The molecule has 0 amide bonds. The third-order valence-electron chi connectivity index (χ3n) is 6.15. The normalized spacial score (nSPS) is 36.8. The molecule has 0 heterocycles. The Kier molecular flexibility index (Phi) is 3.09. The second-order valence-electron chi connectivity index (χ2n) is 7.52. The van der Waals surface area contributed by atoms with Crippen LogP contribution in [0.3, 0.4) is 0 Å². The highest BCUT2D eigenvalue weighted by Gasteiger charge is 2.52. The van der Waals surface area contributed by atoms with E-state index in [1.807, 2.05) is 12.1 Å². The van der Waals surface area contributed by atoms with Crippen LogP contribution < -0.4 is 10.2 Å². The van der Waals surface area contributed by atoms with Crippen molar-refractivity contribution in [2.75, 3.05) is 7.11 Å². The Morgan fingerprint density at radius 2 is 1.62 bits per heavy atom. The summed E-state index contributed by atoms with van der Waals surface area (Å²) in [7, 11) is 0.285. The first-order valence-electron chi connectivity index (χ1n) is 8.14. The first kappa shape index (κ1) is 13.7. The van der Waals surface area contributed by atoms with Crippen LogP contribution in [0.4, 0.5) is 0 Å². The highest BCUT2D eigenvalue weighted by Crippen LogP contribution is 2.60. The van der Waals surface area contributed by atoms with Crippen molar-refractivity contribution < 1.29 is 14.8 Å². The van der Waals surface area contributed by atoms with Crippen molar-refractivity contribution in [1.29, 1.82) is 0 Å². The van der Waals surface area contributed by atoms with Gasteiger partial charge in [-0.3, -0.25) is 0 Å². The standard InChI is InChI=1S/C17H23BO3/c1-21-14-2-3-16(18(19)20)15(7-14)17-8-11-4-12(9-17)6-13(5-11)10-17/h2-3,7,11-13,19-20H,4-6,8-10H2,1H3. The van der Waals surface area contributed by atoms with Crippen molar-refractivity contribution in [2.24, 2.45) is 17.8 Å². The van der Waals surface area contributed by atoms with Crippen LogP contribution in [0.25, 0.3) is 0 Å². The summed E-state index contributed by atoms with van der Waals surface area (Å²) in [5.74, 6) is 3.34. The van der Waals surface area contributed by atoms with Gasteiger partial charge in [-0.15, -0.1) is 0 Å². The molecule has 0 saturated heterocycles. The van der Waals surface area contributed by atoms with Crippen LogP contribution in [-0.2, 0) is 5.41 Å². The van der Waals surface area contributed by atoms with Crippen molar-refractivity contribution in [1.82, 2.24) is 0 Å². The van der Waals surface area contributed by atoms with E-state index in [1.54, 1.807) is 7.11 Å². The summed E-state index contributed by atoms with van der Waals surface area (Å²) in [5.41, 5.74) is 1.97. The molecule has 4 aliphatic carbocycles. The molecule has 4 aliphatic rings. The molecule has 3 nitrogen and oxygen atoms in total. The van der Waals surface area contributed by atoms with E-state index < -0.39 is 7.12 Å². The van der Waals surface area contributed by atoms with Gasteiger partial charge in [0.1, 0.15) is 5.75 Å².